The standard InChI is InChI=1S/C3H6O3S.Mg.2H/c1-2-3-7(4,5)6;;;/h2H,1,3H2,(H,4,5,6);;;. The summed E-state index contributed by atoms with van der Waals surface area (Å²) in [7, 11) is -3.79. The topological polar surface area (TPSA) is 54.4 Å². The van der Waals surface area contributed by atoms with Crippen LogP contribution in [0, 0.1) is 0 Å². The maximum absolute atomic E-state index is 9.72. The van der Waals surface area contributed by atoms with Crippen LogP contribution in [0.5, 0.6) is 0 Å². The smallest absolute Gasteiger partial charge is 0.285 e. The Labute approximate surface area is 64.7 Å². The van der Waals surface area contributed by atoms with E-state index in [2.05, 4.69) is 6.58 Å². The van der Waals surface area contributed by atoms with Crippen molar-refractivity contribution < 1.29 is 13.0 Å². The van der Waals surface area contributed by atoms with Crippen molar-refractivity contribution in [1.82, 2.24) is 0 Å². The highest BCUT2D eigenvalue weighted by Gasteiger charge is 1.95. The first-order valence-corrected chi connectivity index (χ1v) is 3.23. The van der Waals surface area contributed by atoms with E-state index >= 15 is 0 Å². The van der Waals surface area contributed by atoms with Gasteiger partial charge in [-0.25, -0.2) is 0 Å². The molecule has 46 valence electrons. The average Bonchev–Trinajstić information content (AvgIpc) is 1.30. The summed E-state index contributed by atoms with van der Waals surface area (Å²) in [5.41, 5.74) is 0. The molecule has 0 aromatic carbocycles. The Kier molecular flexibility index (Phi) is 6.06. The molecule has 0 aromatic rings. The lowest BCUT2D eigenvalue weighted by molar-refractivity contribution is 0.487. The van der Waals surface area contributed by atoms with E-state index < -0.39 is 10.1 Å². The summed E-state index contributed by atoms with van der Waals surface area (Å²) in [6.07, 6.45) is 1.12. The van der Waals surface area contributed by atoms with E-state index in [-0.39, 0.29) is 28.8 Å². The monoisotopic (exact) mass is 148 g/mol. The molecule has 1 N–H and O–H groups in total. The average molecular weight is 148 g/mol. The van der Waals surface area contributed by atoms with Gasteiger partial charge in [-0.3, -0.25) is 4.55 Å². The van der Waals surface area contributed by atoms with Crippen LogP contribution in [-0.2, 0) is 10.1 Å². The molecule has 0 rings (SSSR count). The minimum Gasteiger partial charge on any atom is -0.285 e. The van der Waals surface area contributed by atoms with Crippen molar-refractivity contribution in [2.75, 3.05) is 5.75 Å². The lowest BCUT2D eigenvalue weighted by atomic mass is 10.8. The van der Waals surface area contributed by atoms with Crippen LogP contribution in [0.25, 0.3) is 0 Å². The van der Waals surface area contributed by atoms with Gasteiger partial charge in [0.2, 0.25) is 0 Å². The van der Waals surface area contributed by atoms with Crippen LogP contribution in [-0.4, -0.2) is 41.8 Å². The predicted octanol–water partition coefficient (Wildman–Crippen LogP) is -0.856. The van der Waals surface area contributed by atoms with Crippen LogP contribution in [0.15, 0.2) is 12.7 Å². The van der Waals surface area contributed by atoms with E-state index in [0.29, 0.717) is 0 Å². The Morgan fingerprint density at radius 3 is 2.00 bits per heavy atom. The van der Waals surface area contributed by atoms with Crippen LogP contribution < -0.4 is 0 Å². The second kappa shape index (κ2) is 4.31. The normalized spacial score (nSPS) is 9.62. The first-order chi connectivity index (χ1) is 3.06. The fourth-order valence-electron chi connectivity index (χ4n) is 0.149. The first kappa shape index (κ1) is 11.2. The van der Waals surface area contributed by atoms with Gasteiger partial charge in [-0.1, -0.05) is 6.08 Å². The molecular weight excluding hydrogens is 140 g/mol. The Morgan fingerprint density at radius 2 is 2.00 bits per heavy atom. The molecule has 0 aliphatic carbocycles. The van der Waals surface area contributed by atoms with Gasteiger partial charge in [0.15, 0.2) is 0 Å². The van der Waals surface area contributed by atoms with E-state index in [0.717, 1.165) is 6.08 Å². The predicted molar refractivity (Wildman–Crippen MR) is 35.2 cm³/mol. The third-order valence-corrected chi connectivity index (χ3v) is 0.985. The summed E-state index contributed by atoms with van der Waals surface area (Å²) in [6, 6.07) is 0. The molecule has 0 radical (unpaired) electrons. The number of rotatable bonds is 2. The van der Waals surface area contributed by atoms with Crippen LogP contribution in [0.1, 0.15) is 0 Å². The summed E-state index contributed by atoms with van der Waals surface area (Å²) < 4.78 is 27.3. The molecule has 0 heterocycles. The van der Waals surface area contributed by atoms with Crippen LogP contribution >= 0.6 is 0 Å². The van der Waals surface area contributed by atoms with Gasteiger partial charge in [-0.2, -0.15) is 8.42 Å². The quantitative estimate of drug-likeness (QED) is 0.315. The molecule has 0 aliphatic rings. The Bertz CT molecular complexity index is 148. The molecule has 0 fully saturated rings. The van der Waals surface area contributed by atoms with E-state index in [1.807, 2.05) is 0 Å². The van der Waals surface area contributed by atoms with Crippen molar-refractivity contribution >= 4 is 33.2 Å². The van der Waals surface area contributed by atoms with Crippen molar-refractivity contribution in [3.63, 3.8) is 0 Å². The van der Waals surface area contributed by atoms with E-state index in [9.17, 15) is 8.42 Å². The molecule has 0 saturated heterocycles. The summed E-state index contributed by atoms with van der Waals surface area (Å²) in [5.74, 6) is -0.368. The highest BCUT2D eigenvalue weighted by Crippen LogP contribution is 1.78. The second-order valence-electron chi connectivity index (χ2n) is 1.04. The maximum Gasteiger partial charge on any atom is 0.316 e. The number of hydrogen-bond acceptors (Lipinski definition) is 2. The van der Waals surface area contributed by atoms with Gasteiger partial charge in [0, 0.05) is 0 Å². The third kappa shape index (κ3) is 9.65. The van der Waals surface area contributed by atoms with Crippen LogP contribution in [0.4, 0.5) is 0 Å². The Morgan fingerprint density at radius 1 is 1.62 bits per heavy atom. The van der Waals surface area contributed by atoms with Gasteiger partial charge in [0.1, 0.15) is 0 Å². The number of hydrogen-bond donors (Lipinski definition) is 1. The Hall–Kier alpha value is 0.416. The van der Waals surface area contributed by atoms with Crippen molar-refractivity contribution in [2.45, 2.75) is 0 Å². The van der Waals surface area contributed by atoms with Gasteiger partial charge in [0.05, 0.1) is 5.75 Å². The van der Waals surface area contributed by atoms with Gasteiger partial charge in [0.25, 0.3) is 10.1 Å². The van der Waals surface area contributed by atoms with Crippen molar-refractivity contribution in [3.8, 4) is 0 Å². The molecule has 0 atom stereocenters. The lowest BCUT2D eigenvalue weighted by Gasteiger charge is -1.82. The molecule has 8 heavy (non-hydrogen) atoms. The fraction of sp³-hybridized carbons (Fsp3) is 0.333. The largest absolute Gasteiger partial charge is 0.316 e. The molecule has 0 unspecified atom stereocenters. The van der Waals surface area contributed by atoms with Crippen molar-refractivity contribution in [1.29, 1.82) is 0 Å². The molecule has 0 amide bonds. The van der Waals surface area contributed by atoms with Crippen molar-refractivity contribution in [2.24, 2.45) is 0 Å². The summed E-state index contributed by atoms with van der Waals surface area (Å²) in [6.45, 7) is 3.11. The minimum atomic E-state index is -3.79. The molecule has 0 saturated carbocycles. The van der Waals surface area contributed by atoms with E-state index in [4.69, 9.17) is 4.55 Å². The van der Waals surface area contributed by atoms with E-state index in [1.54, 1.807) is 0 Å². The molecule has 0 bridgehead atoms. The van der Waals surface area contributed by atoms with Crippen LogP contribution in [0.2, 0.25) is 0 Å². The molecule has 0 spiro atoms. The third-order valence-electron chi connectivity index (χ3n) is 0.328. The highest BCUT2D eigenvalue weighted by atomic mass is 32.2. The second-order valence-corrected chi connectivity index (χ2v) is 2.53. The molecule has 0 aromatic heterocycles. The van der Waals surface area contributed by atoms with Gasteiger partial charge >= 0.3 is 23.1 Å². The zero-order valence-electron chi connectivity index (χ0n) is 3.66. The lowest BCUT2D eigenvalue weighted by Crippen LogP contribution is -1.99. The van der Waals surface area contributed by atoms with E-state index in [1.165, 1.54) is 0 Å². The van der Waals surface area contributed by atoms with Crippen molar-refractivity contribution in [3.05, 3.63) is 12.7 Å². The molecule has 5 heteroatoms. The SMILES string of the molecule is C=CCS(=O)(=O)O.[MgH2]. The van der Waals surface area contributed by atoms with Crippen LogP contribution in [0.3, 0.4) is 0 Å². The zero-order valence-corrected chi connectivity index (χ0v) is 4.48. The van der Waals surface area contributed by atoms with Gasteiger partial charge in [-0.15, -0.1) is 6.58 Å². The molecule has 0 aliphatic heterocycles. The fourth-order valence-corrected chi connectivity index (χ4v) is 0.447. The first-order valence-electron chi connectivity index (χ1n) is 1.62. The van der Waals surface area contributed by atoms with Gasteiger partial charge < -0.3 is 0 Å². The highest BCUT2D eigenvalue weighted by molar-refractivity contribution is 7.85. The summed E-state index contributed by atoms with van der Waals surface area (Å²) >= 11 is 0. The maximum atomic E-state index is 9.72. The zero-order chi connectivity index (χ0) is 5.91. The summed E-state index contributed by atoms with van der Waals surface area (Å²) in [5, 5.41) is 0. The molecule has 3 nitrogen and oxygen atoms in total. The van der Waals surface area contributed by atoms with Gasteiger partial charge in [-0.05, 0) is 0 Å². The summed E-state index contributed by atoms with van der Waals surface area (Å²) in [4.78, 5) is 0. The minimum absolute atomic E-state index is 0. The molecular formula is C3H8MgO3S. The Balaban J connectivity index is 0.